The van der Waals surface area contributed by atoms with Gasteiger partial charge in [0.15, 0.2) is 5.82 Å². The van der Waals surface area contributed by atoms with Gasteiger partial charge in [-0.05, 0) is 30.3 Å². The summed E-state index contributed by atoms with van der Waals surface area (Å²) in [6.45, 7) is 0. The molecule has 0 atom stereocenters. The van der Waals surface area contributed by atoms with E-state index >= 15 is 0 Å². The minimum absolute atomic E-state index is 0.659. The van der Waals surface area contributed by atoms with Crippen LogP contribution in [0.3, 0.4) is 0 Å². The fourth-order valence-electron chi connectivity index (χ4n) is 2.66. The summed E-state index contributed by atoms with van der Waals surface area (Å²) in [5.74, 6) is 1.41. The molecule has 0 aliphatic rings. The molecule has 3 aromatic heterocycles. The van der Waals surface area contributed by atoms with Crippen molar-refractivity contribution in [3.63, 3.8) is 0 Å². The zero-order valence-electron chi connectivity index (χ0n) is 12.8. The lowest BCUT2D eigenvalue weighted by Crippen LogP contribution is -1.98. The first-order valence-corrected chi connectivity index (χ1v) is 8.48. The Bertz CT molecular complexity index is 1180. The molecule has 0 fully saturated rings. The molecule has 0 amide bonds. The van der Waals surface area contributed by atoms with Gasteiger partial charge in [-0.25, -0.2) is 9.97 Å². The Morgan fingerprint density at radius 1 is 0.920 bits per heavy atom. The highest BCUT2D eigenvalue weighted by Gasteiger charge is 2.11. The van der Waals surface area contributed by atoms with Crippen molar-refractivity contribution in [1.82, 2.24) is 30.4 Å². The van der Waals surface area contributed by atoms with E-state index < -0.39 is 0 Å². The van der Waals surface area contributed by atoms with Gasteiger partial charge in [-0.1, -0.05) is 12.1 Å². The van der Waals surface area contributed by atoms with Crippen LogP contribution in [0, 0.1) is 0 Å². The first-order valence-electron chi connectivity index (χ1n) is 7.60. The molecule has 7 nitrogen and oxygen atoms in total. The number of benzene rings is 2. The SMILES string of the molecule is c1ccc2c(Nc3ccc4n[nH]nc4c3)nc(-c3cncs3)nc2c1. The summed E-state index contributed by atoms with van der Waals surface area (Å²) in [7, 11) is 0. The summed E-state index contributed by atoms with van der Waals surface area (Å²) in [6, 6.07) is 13.7. The summed E-state index contributed by atoms with van der Waals surface area (Å²) in [6.07, 6.45) is 1.78. The number of nitrogens with zero attached hydrogens (tertiary/aromatic N) is 5. The van der Waals surface area contributed by atoms with Gasteiger partial charge in [0.05, 0.1) is 15.9 Å². The normalized spacial score (nSPS) is 11.2. The first-order chi connectivity index (χ1) is 12.4. The fourth-order valence-corrected chi connectivity index (χ4v) is 3.22. The highest BCUT2D eigenvalue weighted by Crippen LogP contribution is 2.29. The topological polar surface area (TPSA) is 92.3 Å². The van der Waals surface area contributed by atoms with Crippen LogP contribution in [0.25, 0.3) is 32.6 Å². The zero-order valence-corrected chi connectivity index (χ0v) is 13.7. The van der Waals surface area contributed by atoms with Gasteiger partial charge in [0, 0.05) is 17.3 Å². The molecule has 0 saturated carbocycles. The maximum atomic E-state index is 4.71. The van der Waals surface area contributed by atoms with Crippen LogP contribution in [0.5, 0.6) is 0 Å². The van der Waals surface area contributed by atoms with E-state index in [0.29, 0.717) is 5.82 Å². The average Bonchev–Trinajstić information content (AvgIpc) is 3.33. The number of para-hydroxylation sites is 1. The molecule has 25 heavy (non-hydrogen) atoms. The molecule has 0 aliphatic heterocycles. The molecule has 120 valence electrons. The van der Waals surface area contributed by atoms with Crippen LogP contribution < -0.4 is 5.32 Å². The number of aromatic amines is 1. The van der Waals surface area contributed by atoms with Gasteiger partial charge < -0.3 is 5.32 Å². The lowest BCUT2D eigenvalue weighted by atomic mass is 10.2. The van der Waals surface area contributed by atoms with Gasteiger partial charge in [-0.2, -0.15) is 15.4 Å². The Morgan fingerprint density at radius 2 is 1.84 bits per heavy atom. The van der Waals surface area contributed by atoms with Gasteiger partial charge in [0.1, 0.15) is 16.9 Å². The lowest BCUT2D eigenvalue weighted by molar-refractivity contribution is 0.959. The molecule has 5 aromatic rings. The Labute approximate surface area is 145 Å². The largest absolute Gasteiger partial charge is 0.340 e. The molecule has 0 radical (unpaired) electrons. The van der Waals surface area contributed by atoms with E-state index in [9.17, 15) is 0 Å². The summed E-state index contributed by atoms with van der Waals surface area (Å²) in [5.41, 5.74) is 5.17. The zero-order chi connectivity index (χ0) is 16.6. The molecule has 0 aliphatic carbocycles. The van der Waals surface area contributed by atoms with Crippen molar-refractivity contribution in [2.24, 2.45) is 0 Å². The van der Waals surface area contributed by atoms with Crippen molar-refractivity contribution >= 4 is 44.8 Å². The molecule has 2 N–H and O–H groups in total. The predicted octanol–water partition coefficient (Wildman–Crippen LogP) is 3.77. The molecule has 8 heteroatoms. The van der Waals surface area contributed by atoms with Gasteiger partial charge in [0.25, 0.3) is 0 Å². The molecular formula is C17H11N7S. The first kappa shape index (κ1) is 14.0. The quantitative estimate of drug-likeness (QED) is 0.517. The van der Waals surface area contributed by atoms with E-state index in [1.165, 1.54) is 11.3 Å². The number of fused-ring (bicyclic) bond motifs is 2. The molecule has 5 rings (SSSR count). The minimum atomic E-state index is 0.659. The molecule has 3 heterocycles. The maximum Gasteiger partial charge on any atom is 0.173 e. The number of H-pyrrole nitrogens is 1. The van der Waals surface area contributed by atoms with E-state index in [-0.39, 0.29) is 0 Å². The number of hydrogen-bond acceptors (Lipinski definition) is 7. The van der Waals surface area contributed by atoms with Crippen LogP contribution >= 0.6 is 11.3 Å². The molecule has 0 saturated heterocycles. The Hall–Kier alpha value is -3.39. The van der Waals surface area contributed by atoms with E-state index in [1.54, 1.807) is 11.7 Å². The van der Waals surface area contributed by atoms with Gasteiger partial charge in [0.2, 0.25) is 0 Å². The van der Waals surface area contributed by atoms with Gasteiger partial charge >= 0.3 is 0 Å². The van der Waals surface area contributed by atoms with Crippen molar-refractivity contribution in [3.8, 4) is 10.7 Å². The summed E-state index contributed by atoms with van der Waals surface area (Å²) in [4.78, 5) is 14.4. The standard InChI is InChI=1S/C17H11N7S/c1-2-4-12-11(3-1)16(21-17(20-12)15-8-18-9-25-15)19-10-5-6-13-14(7-10)23-24-22-13/h1-9H,(H,19,20,21)(H,22,23,24). The number of anilines is 2. The van der Waals surface area contributed by atoms with E-state index in [4.69, 9.17) is 4.98 Å². The molecule has 0 spiro atoms. The Balaban J connectivity index is 1.65. The van der Waals surface area contributed by atoms with Crippen molar-refractivity contribution in [1.29, 1.82) is 0 Å². The fraction of sp³-hybridized carbons (Fsp3) is 0. The van der Waals surface area contributed by atoms with Crippen molar-refractivity contribution in [2.45, 2.75) is 0 Å². The highest BCUT2D eigenvalue weighted by molar-refractivity contribution is 7.13. The Morgan fingerprint density at radius 3 is 2.76 bits per heavy atom. The Kier molecular flexibility index (Phi) is 3.14. The smallest absolute Gasteiger partial charge is 0.173 e. The van der Waals surface area contributed by atoms with Gasteiger partial charge in [-0.15, -0.1) is 11.3 Å². The molecule has 2 aromatic carbocycles. The van der Waals surface area contributed by atoms with E-state index in [2.05, 4.69) is 30.7 Å². The van der Waals surface area contributed by atoms with Crippen LogP contribution in [0.2, 0.25) is 0 Å². The van der Waals surface area contributed by atoms with Crippen LogP contribution in [-0.2, 0) is 0 Å². The van der Waals surface area contributed by atoms with E-state index in [0.717, 1.165) is 38.3 Å². The van der Waals surface area contributed by atoms with Crippen LogP contribution in [0.4, 0.5) is 11.5 Å². The van der Waals surface area contributed by atoms with Crippen molar-refractivity contribution in [2.75, 3.05) is 5.32 Å². The number of hydrogen-bond donors (Lipinski definition) is 2. The number of rotatable bonds is 3. The number of aromatic nitrogens is 6. The van der Waals surface area contributed by atoms with Crippen LogP contribution in [0.1, 0.15) is 0 Å². The van der Waals surface area contributed by atoms with Gasteiger partial charge in [-0.3, -0.25) is 4.98 Å². The van der Waals surface area contributed by atoms with Crippen LogP contribution in [0.15, 0.2) is 54.2 Å². The molecule has 0 unspecified atom stereocenters. The summed E-state index contributed by atoms with van der Waals surface area (Å²) in [5, 5.41) is 15.2. The average molecular weight is 345 g/mol. The number of nitrogens with one attached hydrogen (secondary N) is 2. The predicted molar refractivity (Wildman–Crippen MR) is 97.8 cm³/mol. The molecule has 0 bridgehead atoms. The second-order valence-corrected chi connectivity index (χ2v) is 6.32. The summed E-state index contributed by atoms with van der Waals surface area (Å²) < 4.78 is 0. The summed E-state index contributed by atoms with van der Waals surface area (Å²) >= 11 is 1.52. The lowest BCUT2D eigenvalue weighted by Gasteiger charge is -2.10. The third-order valence-corrected chi connectivity index (χ3v) is 4.60. The van der Waals surface area contributed by atoms with Crippen molar-refractivity contribution in [3.05, 3.63) is 54.2 Å². The van der Waals surface area contributed by atoms with E-state index in [1.807, 2.05) is 42.5 Å². The van der Waals surface area contributed by atoms with Crippen LogP contribution in [-0.4, -0.2) is 30.4 Å². The second-order valence-electron chi connectivity index (χ2n) is 5.43. The highest BCUT2D eigenvalue weighted by atomic mass is 32.1. The monoisotopic (exact) mass is 345 g/mol. The third-order valence-electron chi connectivity index (χ3n) is 3.83. The third kappa shape index (κ3) is 2.48. The molecular weight excluding hydrogens is 334 g/mol. The number of thiazole rings is 1. The second kappa shape index (κ2) is 5.60. The minimum Gasteiger partial charge on any atom is -0.340 e. The van der Waals surface area contributed by atoms with Crippen molar-refractivity contribution < 1.29 is 0 Å². The maximum absolute atomic E-state index is 4.71.